The van der Waals surface area contributed by atoms with Crippen LogP contribution in [0.4, 0.5) is 4.79 Å². The van der Waals surface area contributed by atoms with E-state index < -0.39 is 9.84 Å². The molecule has 2 atom stereocenters. The Hall–Kier alpha value is -0.820. The molecule has 0 aromatic heterocycles. The third kappa shape index (κ3) is 4.18. The van der Waals surface area contributed by atoms with E-state index in [4.69, 9.17) is 0 Å². The van der Waals surface area contributed by atoms with Crippen LogP contribution in [0.25, 0.3) is 0 Å². The predicted octanol–water partition coefficient (Wildman–Crippen LogP) is 0.937. The number of nitrogens with zero attached hydrogens (tertiary/aromatic N) is 2. The lowest BCUT2D eigenvalue weighted by Crippen LogP contribution is -2.57. The lowest BCUT2D eigenvalue weighted by Gasteiger charge is -2.46. The number of urea groups is 1. The molecule has 0 aromatic rings. The summed E-state index contributed by atoms with van der Waals surface area (Å²) in [7, 11) is -0.664. The summed E-state index contributed by atoms with van der Waals surface area (Å²) in [6.45, 7) is 3.62. The van der Waals surface area contributed by atoms with E-state index in [1.54, 1.807) is 0 Å². The van der Waals surface area contributed by atoms with Gasteiger partial charge in [-0.05, 0) is 57.5 Å². The zero-order valence-electron chi connectivity index (χ0n) is 14.0. The molecule has 0 bridgehead atoms. The molecule has 6 nitrogen and oxygen atoms in total. The molecule has 3 fully saturated rings. The monoisotopic (exact) mass is 343 g/mol. The molecular formula is C16H29N3O3S. The van der Waals surface area contributed by atoms with Crippen molar-refractivity contribution in [3.05, 3.63) is 0 Å². The quantitative estimate of drug-likeness (QED) is 0.810. The van der Waals surface area contributed by atoms with Gasteiger partial charge >= 0.3 is 6.03 Å². The topological polar surface area (TPSA) is 69.7 Å². The van der Waals surface area contributed by atoms with Crippen LogP contribution in [-0.4, -0.2) is 75.0 Å². The smallest absolute Gasteiger partial charge is 0.317 e. The molecule has 0 radical (unpaired) electrons. The first-order chi connectivity index (χ1) is 10.9. The zero-order valence-corrected chi connectivity index (χ0v) is 14.9. The zero-order chi connectivity index (χ0) is 16.4. The Morgan fingerprint density at radius 1 is 1.13 bits per heavy atom. The third-order valence-electron chi connectivity index (χ3n) is 5.75. The van der Waals surface area contributed by atoms with Crippen LogP contribution >= 0.6 is 0 Å². The summed E-state index contributed by atoms with van der Waals surface area (Å²) < 4.78 is 22.9. The Labute approximate surface area is 139 Å². The molecule has 3 saturated heterocycles. The highest BCUT2D eigenvalue weighted by molar-refractivity contribution is 7.91. The highest BCUT2D eigenvalue weighted by atomic mass is 32.2. The number of rotatable bonds is 2. The minimum absolute atomic E-state index is 0.0534. The van der Waals surface area contributed by atoms with Gasteiger partial charge in [0.15, 0.2) is 0 Å². The second-order valence-corrected chi connectivity index (χ2v) is 9.80. The molecule has 23 heavy (non-hydrogen) atoms. The Bertz CT molecular complexity index is 523. The molecule has 3 aliphatic rings. The minimum atomic E-state index is -2.82. The molecule has 2 unspecified atom stereocenters. The summed E-state index contributed by atoms with van der Waals surface area (Å²) in [5, 5.41) is 3.07. The Balaban J connectivity index is 1.50. The second kappa shape index (κ2) is 6.97. The average molecular weight is 343 g/mol. The van der Waals surface area contributed by atoms with Crippen LogP contribution in [0.1, 0.15) is 32.1 Å². The number of hydrogen-bond acceptors (Lipinski definition) is 4. The maximum atomic E-state index is 12.6. The van der Waals surface area contributed by atoms with Crippen LogP contribution in [-0.2, 0) is 9.84 Å². The number of carbonyl (C=O) groups is 1. The lowest BCUT2D eigenvalue weighted by molar-refractivity contribution is 0.0530. The van der Waals surface area contributed by atoms with E-state index in [9.17, 15) is 13.2 Å². The van der Waals surface area contributed by atoms with Crippen LogP contribution in [0.2, 0.25) is 0 Å². The summed E-state index contributed by atoms with van der Waals surface area (Å²) in [5.74, 6) is 1.45. The second-order valence-electron chi connectivity index (χ2n) is 7.50. The third-order valence-corrected chi connectivity index (χ3v) is 7.46. The van der Waals surface area contributed by atoms with Crippen LogP contribution in [0.3, 0.4) is 0 Å². The molecular weight excluding hydrogens is 314 g/mol. The van der Waals surface area contributed by atoms with Crippen molar-refractivity contribution in [2.24, 2.45) is 11.8 Å². The van der Waals surface area contributed by atoms with Crippen LogP contribution in [0.5, 0.6) is 0 Å². The predicted molar refractivity (Wildman–Crippen MR) is 90.1 cm³/mol. The van der Waals surface area contributed by atoms with E-state index in [1.807, 2.05) is 4.90 Å². The lowest BCUT2D eigenvalue weighted by atomic mass is 9.84. The normalized spacial score (nSPS) is 32.3. The average Bonchev–Trinajstić information content (AvgIpc) is 2.52. The van der Waals surface area contributed by atoms with Gasteiger partial charge in [0, 0.05) is 25.7 Å². The van der Waals surface area contributed by atoms with Crippen molar-refractivity contribution in [3.8, 4) is 0 Å². The van der Waals surface area contributed by atoms with Crippen molar-refractivity contribution in [1.82, 2.24) is 15.1 Å². The largest absolute Gasteiger partial charge is 0.338 e. The first-order valence-corrected chi connectivity index (χ1v) is 10.7. The Morgan fingerprint density at radius 2 is 1.87 bits per heavy atom. The fraction of sp³-hybridized carbons (Fsp3) is 0.938. The highest BCUT2D eigenvalue weighted by Gasteiger charge is 2.37. The van der Waals surface area contributed by atoms with Crippen molar-refractivity contribution in [2.45, 2.75) is 38.1 Å². The standard InChI is InChI=1S/C16H29N3O3S/c1-18-8-4-15-14(12-18)3-2-7-19(15)16(20)17-11-13-5-9-23(21,22)10-6-13/h13-15H,2-12H2,1H3,(H,17,20). The van der Waals surface area contributed by atoms with E-state index in [-0.39, 0.29) is 17.5 Å². The molecule has 2 amide bonds. The van der Waals surface area contributed by atoms with Gasteiger partial charge in [0.2, 0.25) is 0 Å². The summed E-state index contributed by atoms with van der Waals surface area (Å²) >= 11 is 0. The van der Waals surface area contributed by atoms with Crippen molar-refractivity contribution in [1.29, 1.82) is 0 Å². The minimum Gasteiger partial charge on any atom is -0.338 e. The number of likely N-dealkylation sites (tertiary alicyclic amines) is 2. The molecule has 0 aromatic carbocycles. The van der Waals surface area contributed by atoms with E-state index in [0.717, 1.165) is 32.5 Å². The van der Waals surface area contributed by atoms with Crippen molar-refractivity contribution >= 4 is 15.9 Å². The van der Waals surface area contributed by atoms with Gasteiger partial charge in [-0.15, -0.1) is 0 Å². The van der Waals surface area contributed by atoms with Gasteiger partial charge in [0.1, 0.15) is 9.84 Å². The molecule has 7 heteroatoms. The van der Waals surface area contributed by atoms with Gasteiger partial charge in [-0.25, -0.2) is 13.2 Å². The number of sulfone groups is 1. The molecule has 0 spiro atoms. The van der Waals surface area contributed by atoms with E-state index >= 15 is 0 Å². The summed E-state index contributed by atoms with van der Waals surface area (Å²) in [4.78, 5) is 17.0. The first-order valence-electron chi connectivity index (χ1n) is 8.88. The maximum absolute atomic E-state index is 12.6. The van der Waals surface area contributed by atoms with Crippen molar-refractivity contribution in [2.75, 3.05) is 44.7 Å². The SMILES string of the molecule is CN1CCC2C(CCCN2C(=O)NCC2CCS(=O)(=O)CC2)C1. The number of nitrogens with one attached hydrogen (secondary N) is 1. The number of hydrogen-bond donors (Lipinski definition) is 1. The summed E-state index contributed by atoms with van der Waals surface area (Å²) in [6, 6.07) is 0.435. The first kappa shape index (κ1) is 17.0. The van der Waals surface area contributed by atoms with E-state index in [0.29, 0.717) is 37.3 Å². The van der Waals surface area contributed by atoms with Gasteiger partial charge in [0.25, 0.3) is 0 Å². The Morgan fingerprint density at radius 3 is 2.61 bits per heavy atom. The van der Waals surface area contributed by atoms with Gasteiger partial charge in [-0.2, -0.15) is 0 Å². The van der Waals surface area contributed by atoms with Crippen molar-refractivity contribution < 1.29 is 13.2 Å². The van der Waals surface area contributed by atoms with Crippen LogP contribution in [0, 0.1) is 11.8 Å². The van der Waals surface area contributed by atoms with E-state index in [1.165, 1.54) is 6.42 Å². The number of amides is 2. The number of fused-ring (bicyclic) bond motifs is 1. The summed E-state index contributed by atoms with van der Waals surface area (Å²) in [6.07, 6.45) is 4.73. The highest BCUT2D eigenvalue weighted by Crippen LogP contribution is 2.30. The molecule has 0 saturated carbocycles. The molecule has 3 heterocycles. The molecule has 1 N–H and O–H groups in total. The van der Waals surface area contributed by atoms with E-state index in [2.05, 4.69) is 17.3 Å². The summed E-state index contributed by atoms with van der Waals surface area (Å²) in [5.41, 5.74) is 0. The fourth-order valence-electron chi connectivity index (χ4n) is 4.31. The van der Waals surface area contributed by atoms with Gasteiger partial charge in [0.05, 0.1) is 11.5 Å². The van der Waals surface area contributed by atoms with Gasteiger partial charge in [-0.3, -0.25) is 0 Å². The van der Waals surface area contributed by atoms with Crippen LogP contribution < -0.4 is 5.32 Å². The molecule has 132 valence electrons. The number of carbonyl (C=O) groups excluding carboxylic acids is 1. The van der Waals surface area contributed by atoms with Gasteiger partial charge in [-0.1, -0.05) is 0 Å². The number of piperidine rings is 2. The molecule has 0 aliphatic carbocycles. The van der Waals surface area contributed by atoms with Crippen LogP contribution in [0.15, 0.2) is 0 Å². The maximum Gasteiger partial charge on any atom is 0.317 e. The molecule has 3 aliphatic heterocycles. The van der Waals surface area contributed by atoms with Crippen molar-refractivity contribution in [3.63, 3.8) is 0 Å². The van der Waals surface area contributed by atoms with Gasteiger partial charge < -0.3 is 15.1 Å². The molecule has 3 rings (SSSR count). The fourth-order valence-corrected chi connectivity index (χ4v) is 5.90. The Kier molecular flexibility index (Phi) is 5.16.